The fourth-order valence-corrected chi connectivity index (χ4v) is 2.66. The predicted octanol–water partition coefficient (Wildman–Crippen LogP) is 3.14. The number of hydrogen-bond acceptors (Lipinski definition) is 5. The number of rotatable bonds is 5. The average molecular weight is 302 g/mol. The van der Waals surface area contributed by atoms with Crippen LogP contribution in [0.2, 0.25) is 0 Å². The minimum atomic E-state index is -0.506. The molecule has 0 saturated heterocycles. The molecular weight excluding hydrogens is 288 g/mol. The Morgan fingerprint density at radius 1 is 1.10 bits per heavy atom. The standard InChI is InChI=1S/C16H14O4S/c1-19-9-13(16(18)20-2)12-8-14(21-10-12)15(17)11-6-4-3-5-7-11/h3-10H,1-2H3/b13-9-. The molecule has 1 heterocycles. The van der Waals surface area contributed by atoms with Gasteiger partial charge in [0.2, 0.25) is 5.78 Å². The lowest BCUT2D eigenvalue weighted by Crippen LogP contribution is -2.04. The fraction of sp³-hybridized carbons (Fsp3) is 0.125. The molecule has 2 rings (SSSR count). The van der Waals surface area contributed by atoms with Gasteiger partial charge in [-0.25, -0.2) is 4.79 Å². The van der Waals surface area contributed by atoms with Crippen LogP contribution < -0.4 is 0 Å². The number of hydrogen-bond donors (Lipinski definition) is 0. The van der Waals surface area contributed by atoms with Gasteiger partial charge in [-0.3, -0.25) is 4.79 Å². The Labute approximate surface area is 126 Å². The third-order valence-electron chi connectivity index (χ3n) is 2.81. The molecule has 5 heteroatoms. The molecular formula is C16H14O4S. The lowest BCUT2D eigenvalue weighted by atomic mass is 10.1. The zero-order valence-electron chi connectivity index (χ0n) is 11.7. The van der Waals surface area contributed by atoms with Crippen molar-refractivity contribution in [2.45, 2.75) is 0 Å². The van der Waals surface area contributed by atoms with E-state index in [2.05, 4.69) is 0 Å². The Hall–Kier alpha value is -2.40. The monoisotopic (exact) mass is 302 g/mol. The highest BCUT2D eigenvalue weighted by atomic mass is 32.1. The Morgan fingerprint density at radius 3 is 2.43 bits per heavy atom. The minimum Gasteiger partial charge on any atom is -0.503 e. The zero-order chi connectivity index (χ0) is 15.2. The van der Waals surface area contributed by atoms with Crippen molar-refractivity contribution in [1.29, 1.82) is 0 Å². The van der Waals surface area contributed by atoms with Gasteiger partial charge in [0.25, 0.3) is 0 Å². The van der Waals surface area contributed by atoms with Crippen molar-refractivity contribution < 1.29 is 19.1 Å². The molecule has 0 aliphatic rings. The molecule has 0 amide bonds. The highest BCUT2D eigenvalue weighted by Gasteiger charge is 2.18. The van der Waals surface area contributed by atoms with Gasteiger partial charge in [-0.05, 0) is 11.4 Å². The number of ketones is 1. The summed E-state index contributed by atoms with van der Waals surface area (Å²) in [7, 11) is 2.75. The SMILES string of the molecule is CO/C=C(\C(=O)OC)c1csc(C(=O)c2ccccc2)c1. The number of thiophene rings is 1. The van der Waals surface area contributed by atoms with Crippen LogP contribution >= 0.6 is 11.3 Å². The van der Waals surface area contributed by atoms with E-state index in [1.165, 1.54) is 31.8 Å². The topological polar surface area (TPSA) is 52.6 Å². The van der Waals surface area contributed by atoms with Gasteiger partial charge in [-0.2, -0.15) is 0 Å². The molecule has 0 fully saturated rings. The molecule has 1 aromatic carbocycles. The minimum absolute atomic E-state index is 0.0755. The van der Waals surface area contributed by atoms with E-state index >= 15 is 0 Å². The Morgan fingerprint density at radius 2 is 1.81 bits per heavy atom. The first kappa shape index (κ1) is 15.0. The predicted molar refractivity (Wildman–Crippen MR) is 81.2 cm³/mol. The molecule has 2 aromatic rings. The molecule has 0 radical (unpaired) electrons. The van der Waals surface area contributed by atoms with Crippen molar-refractivity contribution in [1.82, 2.24) is 0 Å². The van der Waals surface area contributed by atoms with Crippen molar-refractivity contribution in [3.63, 3.8) is 0 Å². The van der Waals surface area contributed by atoms with Gasteiger partial charge < -0.3 is 9.47 Å². The lowest BCUT2D eigenvalue weighted by Gasteiger charge is -2.02. The molecule has 0 spiro atoms. The highest BCUT2D eigenvalue weighted by Crippen LogP contribution is 2.25. The summed E-state index contributed by atoms with van der Waals surface area (Å²) in [5, 5.41) is 1.73. The van der Waals surface area contributed by atoms with Gasteiger partial charge in [0.1, 0.15) is 5.57 Å². The fourth-order valence-electron chi connectivity index (χ4n) is 1.79. The van der Waals surface area contributed by atoms with E-state index in [0.29, 0.717) is 16.0 Å². The Kier molecular flexibility index (Phi) is 4.90. The second-order valence-electron chi connectivity index (χ2n) is 4.15. The van der Waals surface area contributed by atoms with E-state index in [9.17, 15) is 9.59 Å². The number of methoxy groups -OCH3 is 2. The molecule has 0 aliphatic carbocycles. The number of benzene rings is 1. The Balaban J connectivity index is 2.31. The van der Waals surface area contributed by atoms with E-state index in [1.807, 2.05) is 18.2 Å². The quantitative estimate of drug-likeness (QED) is 0.368. The summed E-state index contributed by atoms with van der Waals surface area (Å²) in [6, 6.07) is 10.7. The van der Waals surface area contributed by atoms with Crippen LogP contribution in [-0.4, -0.2) is 26.0 Å². The second kappa shape index (κ2) is 6.85. The van der Waals surface area contributed by atoms with Crippen molar-refractivity contribution in [2.75, 3.05) is 14.2 Å². The maximum absolute atomic E-state index is 12.3. The lowest BCUT2D eigenvalue weighted by molar-refractivity contribution is -0.133. The molecule has 21 heavy (non-hydrogen) atoms. The second-order valence-corrected chi connectivity index (χ2v) is 5.06. The first-order chi connectivity index (χ1) is 10.2. The molecule has 0 unspecified atom stereocenters. The zero-order valence-corrected chi connectivity index (χ0v) is 12.5. The molecule has 0 bridgehead atoms. The number of esters is 1. The van der Waals surface area contributed by atoms with Crippen molar-refractivity contribution >= 4 is 28.7 Å². The molecule has 4 nitrogen and oxygen atoms in total. The van der Waals surface area contributed by atoms with Gasteiger partial charge in [-0.15, -0.1) is 11.3 Å². The van der Waals surface area contributed by atoms with E-state index in [4.69, 9.17) is 9.47 Å². The first-order valence-electron chi connectivity index (χ1n) is 6.17. The summed E-state index contributed by atoms with van der Waals surface area (Å²) in [5.41, 5.74) is 1.50. The normalized spacial score (nSPS) is 11.0. The van der Waals surface area contributed by atoms with E-state index in [-0.39, 0.29) is 11.4 Å². The summed E-state index contributed by atoms with van der Waals surface area (Å²) in [6.07, 6.45) is 1.31. The van der Waals surface area contributed by atoms with Crippen molar-refractivity contribution in [3.05, 3.63) is 64.0 Å². The van der Waals surface area contributed by atoms with Gasteiger partial charge in [0.05, 0.1) is 25.4 Å². The van der Waals surface area contributed by atoms with Crippen LogP contribution in [0.4, 0.5) is 0 Å². The van der Waals surface area contributed by atoms with Crippen molar-refractivity contribution in [2.24, 2.45) is 0 Å². The summed E-state index contributed by atoms with van der Waals surface area (Å²) >= 11 is 1.28. The number of ether oxygens (including phenoxy) is 2. The van der Waals surface area contributed by atoms with Crippen LogP contribution in [0.3, 0.4) is 0 Å². The summed E-state index contributed by atoms with van der Waals surface area (Å²) in [6.45, 7) is 0. The highest BCUT2D eigenvalue weighted by molar-refractivity contribution is 7.12. The number of carbonyl (C=O) groups excluding carboxylic acids is 2. The average Bonchev–Trinajstić information content (AvgIpc) is 3.01. The molecule has 108 valence electrons. The smallest absolute Gasteiger partial charge is 0.341 e. The van der Waals surface area contributed by atoms with Crippen LogP contribution in [0, 0.1) is 0 Å². The van der Waals surface area contributed by atoms with E-state index in [1.54, 1.807) is 23.6 Å². The van der Waals surface area contributed by atoms with E-state index < -0.39 is 5.97 Å². The number of carbonyl (C=O) groups is 2. The summed E-state index contributed by atoms with van der Waals surface area (Å²) < 4.78 is 9.60. The van der Waals surface area contributed by atoms with Gasteiger partial charge >= 0.3 is 5.97 Å². The summed E-state index contributed by atoms with van der Waals surface area (Å²) in [5.74, 6) is -0.582. The Bertz CT molecular complexity index is 671. The van der Waals surface area contributed by atoms with Crippen LogP contribution in [-0.2, 0) is 14.3 Å². The maximum Gasteiger partial charge on any atom is 0.341 e. The molecule has 0 N–H and O–H groups in total. The molecule has 0 atom stereocenters. The van der Waals surface area contributed by atoms with E-state index in [0.717, 1.165) is 0 Å². The van der Waals surface area contributed by atoms with Crippen LogP contribution in [0.1, 0.15) is 20.8 Å². The molecule has 1 aromatic heterocycles. The van der Waals surface area contributed by atoms with Gasteiger partial charge in [0, 0.05) is 11.1 Å². The molecule has 0 aliphatic heterocycles. The summed E-state index contributed by atoms with van der Waals surface area (Å²) in [4.78, 5) is 24.6. The third kappa shape index (κ3) is 3.38. The van der Waals surface area contributed by atoms with Crippen LogP contribution in [0.15, 0.2) is 48.0 Å². The largest absolute Gasteiger partial charge is 0.503 e. The van der Waals surface area contributed by atoms with Gasteiger partial charge in [0.15, 0.2) is 0 Å². The third-order valence-corrected chi connectivity index (χ3v) is 3.74. The van der Waals surface area contributed by atoms with Gasteiger partial charge in [-0.1, -0.05) is 30.3 Å². The molecule has 0 saturated carbocycles. The first-order valence-corrected chi connectivity index (χ1v) is 7.05. The van der Waals surface area contributed by atoms with Crippen LogP contribution in [0.25, 0.3) is 5.57 Å². The van der Waals surface area contributed by atoms with Crippen LogP contribution in [0.5, 0.6) is 0 Å². The van der Waals surface area contributed by atoms with Crippen molar-refractivity contribution in [3.8, 4) is 0 Å². The maximum atomic E-state index is 12.3.